The number of nitrogen functional groups attached to an aromatic ring is 1. The van der Waals surface area contributed by atoms with Crippen LogP contribution in [0.15, 0.2) is 42.5 Å². The normalized spacial score (nSPS) is 10.4. The Morgan fingerprint density at radius 3 is 2.47 bits per heavy atom. The molecular formula is C17H21NO. The Hall–Kier alpha value is -1.96. The van der Waals surface area contributed by atoms with Gasteiger partial charge in [0.1, 0.15) is 5.75 Å². The molecule has 0 atom stereocenters. The van der Waals surface area contributed by atoms with Gasteiger partial charge in [-0.2, -0.15) is 0 Å². The Balaban J connectivity index is 1.88. The average Bonchev–Trinajstić information content (AvgIpc) is 2.43. The molecule has 0 saturated carbocycles. The van der Waals surface area contributed by atoms with Gasteiger partial charge in [0.15, 0.2) is 0 Å². The summed E-state index contributed by atoms with van der Waals surface area (Å²) in [5.74, 6) is 0.938. The topological polar surface area (TPSA) is 35.2 Å². The summed E-state index contributed by atoms with van der Waals surface area (Å²) in [4.78, 5) is 0. The molecule has 0 amide bonds. The zero-order chi connectivity index (χ0) is 13.7. The molecule has 100 valence electrons. The quantitative estimate of drug-likeness (QED) is 0.649. The van der Waals surface area contributed by atoms with E-state index in [9.17, 15) is 0 Å². The summed E-state index contributed by atoms with van der Waals surface area (Å²) in [5.41, 5.74) is 10.2. The van der Waals surface area contributed by atoms with E-state index in [0.29, 0.717) is 0 Å². The third kappa shape index (κ3) is 3.50. The van der Waals surface area contributed by atoms with Gasteiger partial charge in [0, 0.05) is 11.3 Å². The van der Waals surface area contributed by atoms with Gasteiger partial charge in [0.25, 0.3) is 0 Å². The lowest BCUT2D eigenvalue weighted by atomic mass is 10.1. The van der Waals surface area contributed by atoms with Crippen molar-refractivity contribution in [2.75, 3.05) is 12.3 Å². The molecule has 0 unspecified atom stereocenters. The van der Waals surface area contributed by atoms with Crippen molar-refractivity contribution in [1.82, 2.24) is 0 Å². The van der Waals surface area contributed by atoms with Crippen molar-refractivity contribution in [1.29, 1.82) is 0 Å². The monoisotopic (exact) mass is 255 g/mol. The van der Waals surface area contributed by atoms with Gasteiger partial charge in [-0.05, 0) is 43.9 Å². The number of ether oxygens (including phenoxy) is 1. The maximum Gasteiger partial charge on any atom is 0.127 e. The van der Waals surface area contributed by atoms with Gasteiger partial charge in [-0.1, -0.05) is 36.4 Å². The Labute approximate surface area is 115 Å². The van der Waals surface area contributed by atoms with Crippen molar-refractivity contribution >= 4 is 5.69 Å². The summed E-state index contributed by atoms with van der Waals surface area (Å²) >= 11 is 0. The fourth-order valence-electron chi connectivity index (χ4n) is 2.16. The number of rotatable bonds is 5. The predicted octanol–water partition coefficient (Wildman–Crippen LogP) is 3.90. The van der Waals surface area contributed by atoms with Crippen LogP contribution in [0.1, 0.15) is 23.1 Å². The highest BCUT2D eigenvalue weighted by Crippen LogP contribution is 2.27. The van der Waals surface area contributed by atoms with Crippen LogP contribution < -0.4 is 10.5 Å². The first-order valence-corrected chi connectivity index (χ1v) is 6.71. The minimum absolute atomic E-state index is 0.722. The number of hydrogen-bond acceptors (Lipinski definition) is 2. The fraction of sp³-hybridized carbons (Fsp3) is 0.294. The van der Waals surface area contributed by atoms with Crippen LogP contribution in [0.4, 0.5) is 5.69 Å². The van der Waals surface area contributed by atoms with Crippen LogP contribution in [0.5, 0.6) is 5.75 Å². The number of benzene rings is 2. The molecule has 2 rings (SSSR count). The van der Waals surface area contributed by atoms with Gasteiger partial charge in [-0.3, -0.25) is 0 Å². The highest BCUT2D eigenvalue weighted by Gasteiger charge is 2.06. The molecule has 0 aliphatic rings. The molecule has 0 aliphatic heterocycles. The minimum Gasteiger partial charge on any atom is -0.493 e. The van der Waals surface area contributed by atoms with Gasteiger partial charge in [-0.25, -0.2) is 0 Å². The van der Waals surface area contributed by atoms with Crippen molar-refractivity contribution in [3.8, 4) is 5.75 Å². The minimum atomic E-state index is 0.722. The second-order valence-corrected chi connectivity index (χ2v) is 4.86. The van der Waals surface area contributed by atoms with Crippen molar-refractivity contribution in [3.63, 3.8) is 0 Å². The third-order valence-corrected chi connectivity index (χ3v) is 3.34. The third-order valence-electron chi connectivity index (χ3n) is 3.34. The van der Waals surface area contributed by atoms with E-state index in [0.717, 1.165) is 42.0 Å². The van der Waals surface area contributed by atoms with Crippen LogP contribution in [0.3, 0.4) is 0 Å². The Morgan fingerprint density at radius 1 is 1.00 bits per heavy atom. The molecule has 0 fully saturated rings. The molecule has 2 heteroatoms. The fourth-order valence-corrected chi connectivity index (χ4v) is 2.16. The van der Waals surface area contributed by atoms with Crippen LogP contribution in [0.25, 0.3) is 0 Å². The zero-order valence-corrected chi connectivity index (χ0v) is 11.6. The predicted molar refractivity (Wildman–Crippen MR) is 80.6 cm³/mol. The molecule has 0 radical (unpaired) electrons. The number of aryl methyl sites for hydroxylation is 2. The summed E-state index contributed by atoms with van der Waals surface area (Å²) < 4.78 is 5.89. The maximum absolute atomic E-state index is 5.90. The van der Waals surface area contributed by atoms with Crippen LogP contribution in [0.2, 0.25) is 0 Å². The maximum atomic E-state index is 5.90. The van der Waals surface area contributed by atoms with E-state index < -0.39 is 0 Å². The highest BCUT2D eigenvalue weighted by atomic mass is 16.5. The van der Waals surface area contributed by atoms with Crippen molar-refractivity contribution in [2.45, 2.75) is 26.7 Å². The zero-order valence-electron chi connectivity index (χ0n) is 11.6. The smallest absolute Gasteiger partial charge is 0.127 e. The van der Waals surface area contributed by atoms with Gasteiger partial charge in [-0.15, -0.1) is 0 Å². The van der Waals surface area contributed by atoms with E-state index in [1.165, 1.54) is 5.56 Å². The Bertz CT molecular complexity index is 534. The van der Waals surface area contributed by atoms with Gasteiger partial charge in [0.2, 0.25) is 0 Å². The van der Waals surface area contributed by atoms with Crippen LogP contribution in [-0.2, 0) is 6.42 Å². The van der Waals surface area contributed by atoms with Crippen LogP contribution >= 0.6 is 0 Å². The largest absolute Gasteiger partial charge is 0.493 e. The first kappa shape index (κ1) is 13.5. The van der Waals surface area contributed by atoms with E-state index in [4.69, 9.17) is 10.5 Å². The van der Waals surface area contributed by atoms with Crippen molar-refractivity contribution in [3.05, 3.63) is 59.2 Å². The number of hydrogen-bond donors (Lipinski definition) is 1. The van der Waals surface area contributed by atoms with E-state index in [2.05, 4.69) is 31.2 Å². The molecule has 0 aliphatic carbocycles. The lowest BCUT2D eigenvalue weighted by molar-refractivity contribution is 0.307. The van der Waals surface area contributed by atoms with Gasteiger partial charge < -0.3 is 10.5 Å². The van der Waals surface area contributed by atoms with Gasteiger partial charge in [0.05, 0.1) is 6.61 Å². The highest BCUT2D eigenvalue weighted by molar-refractivity contribution is 5.56. The molecule has 2 N–H and O–H groups in total. The lowest BCUT2D eigenvalue weighted by Gasteiger charge is -2.13. The SMILES string of the molecule is Cc1ccc(N)c(C)c1OCCCc1ccccc1. The summed E-state index contributed by atoms with van der Waals surface area (Å²) in [5, 5.41) is 0. The molecule has 2 aromatic rings. The average molecular weight is 255 g/mol. The molecule has 2 nitrogen and oxygen atoms in total. The molecule has 19 heavy (non-hydrogen) atoms. The van der Waals surface area contributed by atoms with E-state index >= 15 is 0 Å². The first-order valence-electron chi connectivity index (χ1n) is 6.71. The lowest BCUT2D eigenvalue weighted by Crippen LogP contribution is -2.03. The van der Waals surface area contributed by atoms with E-state index in [1.807, 2.05) is 25.1 Å². The van der Waals surface area contributed by atoms with E-state index in [1.54, 1.807) is 0 Å². The molecule has 2 aromatic carbocycles. The van der Waals surface area contributed by atoms with Crippen molar-refractivity contribution in [2.24, 2.45) is 0 Å². The number of anilines is 1. The summed E-state index contributed by atoms with van der Waals surface area (Å²) in [7, 11) is 0. The van der Waals surface area contributed by atoms with Gasteiger partial charge >= 0.3 is 0 Å². The molecule has 0 aromatic heterocycles. The summed E-state index contributed by atoms with van der Waals surface area (Å²) in [6.07, 6.45) is 2.05. The molecule has 0 bridgehead atoms. The molecule has 0 heterocycles. The Morgan fingerprint density at radius 2 is 1.74 bits per heavy atom. The second kappa shape index (κ2) is 6.28. The standard InChI is InChI=1S/C17H21NO/c1-13-10-11-16(18)14(2)17(13)19-12-6-9-15-7-4-3-5-8-15/h3-5,7-8,10-11H,6,9,12,18H2,1-2H3. The summed E-state index contributed by atoms with van der Waals surface area (Å²) in [6, 6.07) is 14.4. The summed E-state index contributed by atoms with van der Waals surface area (Å²) in [6.45, 7) is 4.79. The molecule has 0 spiro atoms. The molecule has 0 saturated heterocycles. The first-order chi connectivity index (χ1) is 9.18. The molecular weight excluding hydrogens is 234 g/mol. The van der Waals surface area contributed by atoms with Crippen molar-refractivity contribution < 1.29 is 4.74 Å². The van der Waals surface area contributed by atoms with Crippen LogP contribution in [0, 0.1) is 13.8 Å². The number of nitrogens with two attached hydrogens (primary N) is 1. The van der Waals surface area contributed by atoms with E-state index in [-0.39, 0.29) is 0 Å². The Kier molecular flexibility index (Phi) is 4.45. The van der Waals surface area contributed by atoms with Crippen LogP contribution in [-0.4, -0.2) is 6.61 Å². The second-order valence-electron chi connectivity index (χ2n) is 4.86.